The molecule has 0 spiro atoms. The summed E-state index contributed by atoms with van der Waals surface area (Å²) in [4.78, 5) is 4.14. The summed E-state index contributed by atoms with van der Waals surface area (Å²) in [6, 6.07) is 7.79. The minimum atomic E-state index is 0.696. The van der Waals surface area contributed by atoms with Gasteiger partial charge in [0, 0.05) is 31.0 Å². The molecule has 4 nitrogen and oxygen atoms in total. The van der Waals surface area contributed by atoms with Crippen molar-refractivity contribution in [1.82, 2.24) is 14.6 Å². The van der Waals surface area contributed by atoms with Crippen LogP contribution in [0.2, 0.25) is 5.02 Å². The molecule has 0 aliphatic rings. The number of hydrogen-bond acceptors (Lipinski definition) is 3. The standard InChI is InChI=1S/C18H25ClN4/c1-3-5-6-9-13-23(4-2)21-18(22-14-12-20-15-22)16-10-7-8-11-17(16)19/h7-8,10-12,14-15H,3-6,9,13H2,1-2H3/b21-18+. The van der Waals surface area contributed by atoms with E-state index in [1.165, 1.54) is 19.3 Å². The zero-order valence-corrected chi connectivity index (χ0v) is 14.7. The fourth-order valence-electron chi connectivity index (χ4n) is 2.41. The number of unbranched alkanes of at least 4 members (excludes halogenated alkanes) is 3. The fourth-order valence-corrected chi connectivity index (χ4v) is 2.63. The quantitative estimate of drug-likeness (QED) is 0.305. The Kier molecular flexibility index (Phi) is 7.14. The van der Waals surface area contributed by atoms with Crippen LogP contribution in [0.15, 0.2) is 48.1 Å². The first-order chi connectivity index (χ1) is 11.3. The summed E-state index contributed by atoms with van der Waals surface area (Å²) < 4.78 is 1.91. The number of hydrogen-bond donors (Lipinski definition) is 0. The van der Waals surface area contributed by atoms with E-state index in [-0.39, 0.29) is 0 Å². The molecule has 0 fully saturated rings. The van der Waals surface area contributed by atoms with Gasteiger partial charge in [0.1, 0.15) is 6.33 Å². The molecule has 0 bridgehead atoms. The first kappa shape index (κ1) is 17.5. The highest BCUT2D eigenvalue weighted by Crippen LogP contribution is 2.17. The van der Waals surface area contributed by atoms with Gasteiger partial charge in [-0.1, -0.05) is 49.9 Å². The van der Waals surface area contributed by atoms with Crippen molar-refractivity contribution in [2.45, 2.75) is 39.5 Å². The van der Waals surface area contributed by atoms with Gasteiger partial charge in [0.05, 0.1) is 5.02 Å². The summed E-state index contributed by atoms with van der Waals surface area (Å²) in [7, 11) is 0. The maximum Gasteiger partial charge on any atom is 0.166 e. The molecule has 0 amide bonds. The Labute approximate surface area is 143 Å². The summed E-state index contributed by atoms with van der Waals surface area (Å²) in [5.74, 6) is 0.811. The highest BCUT2D eigenvalue weighted by molar-refractivity contribution is 6.34. The second-order valence-corrected chi connectivity index (χ2v) is 5.89. The number of hydrazone groups is 1. The van der Waals surface area contributed by atoms with Gasteiger partial charge in [0.2, 0.25) is 0 Å². The van der Waals surface area contributed by atoms with Crippen molar-refractivity contribution in [2.24, 2.45) is 5.10 Å². The molecular formula is C18H25ClN4. The molecule has 0 atom stereocenters. The highest BCUT2D eigenvalue weighted by atomic mass is 35.5. The van der Waals surface area contributed by atoms with Crippen LogP contribution in [0.3, 0.4) is 0 Å². The van der Waals surface area contributed by atoms with E-state index in [0.29, 0.717) is 5.02 Å². The summed E-state index contributed by atoms with van der Waals surface area (Å²) >= 11 is 6.38. The Morgan fingerprint density at radius 1 is 1.22 bits per heavy atom. The number of benzene rings is 1. The zero-order chi connectivity index (χ0) is 16.5. The van der Waals surface area contributed by atoms with Crippen LogP contribution in [0.4, 0.5) is 0 Å². The minimum Gasteiger partial charge on any atom is -0.295 e. The van der Waals surface area contributed by atoms with Gasteiger partial charge in [0.15, 0.2) is 5.84 Å². The number of halogens is 1. The maximum atomic E-state index is 6.38. The molecule has 23 heavy (non-hydrogen) atoms. The molecule has 0 aliphatic carbocycles. The largest absolute Gasteiger partial charge is 0.295 e. The fraction of sp³-hybridized carbons (Fsp3) is 0.444. The van der Waals surface area contributed by atoms with E-state index in [2.05, 4.69) is 23.8 Å². The zero-order valence-electron chi connectivity index (χ0n) is 14.0. The van der Waals surface area contributed by atoms with Crippen molar-refractivity contribution >= 4 is 17.4 Å². The molecule has 124 valence electrons. The van der Waals surface area contributed by atoms with Crippen LogP contribution in [-0.4, -0.2) is 33.5 Å². The van der Waals surface area contributed by atoms with Crippen molar-refractivity contribution in [3.05, 3.63) is 53.6 Å². The molecule has 0 saturated heterocycles. The van der Waals surface area contributed by atoms with Crippen LogP contribution in [0.5, 0.6) is 0 Å². The van der Waals surface area contributed by atoms with E-state index in [1.807, 2.05) is 35.0 Å². The van der Waals surface area contributed by atoms with Gasteiger partial charge in [-0.15, -0.1) is 0 Å². The Morgan fingerprint density at radius 2 is 2.04 bits per heavy atom. The number of rotatable bonds is 8. The van der Waals surface area contributed by atoms with Gasteiger partial charge in [-0.3, -0.25) is 9.58 Å². The minimum absolute atomic E-state index is 0.696. The molecule has 1 aromatic carbocycles. The topological polar surface area (TPSA) is 33.4 Å². The molecular weight excluding hydrogens is 308 g/mol. The lowest BCUT2D eigenvalue weighted by Gasteiger charge is -2.20. The summed E-state index contributed by atoms with van der Waals surface area (Å²) in [6.45, 7) is 6.18. The third kappa shape index (κ3) is 5.10. The predicted octanol–water partition coefficient (Wildman–Crippen LogP) is 4.65. The lowest BCUT2D eigenvalue weighted by atomic mass is 10.2. The van der Waals surface area contributed by atoms with Crippen LogP contribution in [0, 0.1) is 0 Å². The number of imidazole rings is 1. The summed E-state index contributed by atoms with van der Waals surface area (Å²) in [6.07, 6.45) is 10.3. The second-order valence-electron chi connectivity index (χ2n) is 5.48. The Balaban J connectivity index is 2.24. The van der Waals surface area contributed by atoms with Crippen LogP contribution < -0.4 is 0 Å². The van der Waals surface area contributed by atoms with Crippen LogP contribution in [0.1, 0.15) is 45.1 Å². The van der Waals surface area contributed by atoms with E-state index in [1.54, 1.807) is 12.5 Å². The van der Waals surface area contributed by atoms with Crippen molar-refractivity contribution < 1.29 is 0 Å². The van der Waals surface area contributed by atoms with Crippen molar-refractivity contribution in [2.75, 3.05) is 13.1 Å². The third-order valence-electron chi connectivity index (χ3n) is 3.73. The lowest BCUT2D eigenvalue weighted by molar-refractivity contribution is 0.294. The molecule has 0 unspecified atom stereocenters. The van der Waals surface area contributed by atoms with Crippen LogP contribution in [-0.2, 0) is 0 Å². The number of nitrogens with zero attached hydrogens (tertiary/aromatic N) is 4. The van der Waals surface area contributed by atoms with E-state index in [4.69, 9.17) is 16.7 Å². The molecule has 1 heterocycles. The van der Waals surface area contributed by atoms with Crippen LogP contribution in [0.25, 0.3) is 0 Å². The van der Waals surface area contributed by atoms with E-state index in [9.17, 15) is 0 Å². The first-order valence-corrected chi connectivity index (χ1v) is 8.70. The average molecular weight is 333 g/mol. The normalized spacial score (nSPS) is 11.7. The summed E-state index contributed by atoms with van der Waals surface area (Å²) in [5.41, 5.74) is 0.916. The van der Waals surface area contributed by atoms with E-state index < -0.39 is 0 Å². The van der Waals surface area contributed by atoms with Gasteiger partial charge in [-0.25, -0.2) is 4.98 Å². The van der Waals surface area contributed by atoms with Crippen molar-refractivity contribution in [3.63, 3.8) is 0 Å². The monoisotopic (exact) mass is 332 g/mol. The molecule has 5 heteroatoms. The van der Waals surface area contributed by atoms with Crippen molar-refractivity contribution in [3.8, 4) is 0 Å². The lowest BCUT2D eigenvalue weighted by Crippen LogP contribution is -2.24. The van der Waals surface area contributed by atoms with E-state index in [0.717, 1.165) is 30.9 Å². The van der Waals surface area contributed by atoms with Gasteiger partial charge in [0.25, 0.3) is 0 Å². The van der Waals surface area contributed by atoms with Gasteiger partial charge >= 0.3 is 0 Å². The Morgan fingerprint density at radius 3 is 2.70 bits per heavy atom. The molecule has 0 aliphatic heterocycles. The smallest absolute Gasteiger partial charge is 0.166 e. The summed E-state index contributed by atoms with van der Waals surface area (Å²) in [5, 5.41) is 7.66. The SMILES string of the molecule is CCCCCCN(CC)/N=C(\c1ccccc1Cl)n1ccnc1. The molecule has 1 aromatic heterocycles. The van der Waals surface area contributed by atoms with Gasteiger partial charge in [-0.05, 0) is 25.5 Å². The third-order valence-corrected chi connectivity index (χ3v) is 4.06. The maximum absolute atomic E-state index is 6.38. The molecule has 2 aromatic rings. The second kappa shape index (κ2) is 9.36. The van der Waals surface area contributed by atoms with Crippen molar-refractivity contribution in [1.29, 1.82) is 0 Å². The Hall–Kier alpha value is -1.81. The van der Waals surface area contributed by atoms with Gasteiger partial charge in [-0.2, -0.15) is 5.10 Å². The molecule has 0 saturated carbocycles. The molecule has 2 rings (SSSR count). The van der Waals surface area contributed by atoms with Gasteiger partial charge < -0.3 is 0 Å². The first-order valence-electron chi connectivity index (χ1n) is 8.33. The molecule has 0 radical (unpaired) electrons. The highest BCUT2D eigenvalue weighted by Gasteiger charge is 2.12. The molecule has 0 N–H and O–H groups in total. The number of aromatic nitrogens is 2. The Bertz CT molecular complexity index is 607. The average Bonchev–Trinajstić information content (AvgIpc) is 3.09. The predicted molar refractivity (Wildman–Crippen MR) is 97.0 cm³/mol. The van der Waals surface area contributed by atoms with E-state index >= 15 is 0 Å². The van der Waals surface area contributed by atoms with Crippen LogP contribution >= 0.6 is 11.6 Å².